The summed E-state index contributed by atoms with van der Waals surface area (Å²) in [4.78, 5) is 15.0. The minimum atomic E-state index is 0.657. The highest BCUT2D eigenvalue weighted by Crippen LogP contribution is 2.44. The molecule has 10 aromatic rings. The predicted molar refractivity (Wildman–Crippen MR) is 207 cm³/mol. The van der Waals surface area contributed by atoms with E-state index in [9.17, 15) is 0 Å². The molecule has 0 N–H and O–H groups in total. The van der Waals surface area contributed by atoms with Crippen molar-refractivity contribution in [1.29, 1.82) is 0 Å². The van der Waals surface area contributed by atoms with E-state index in [2.05, 4.69) is 91.0 Å². The Labute approximate surface area is 292 Å². The summed E-state index contributed by atoms with van der Waals surface area (Å²) < 4.78 is 8.80. The number of benzene rings is 7. The van der Waals surface area contributed by atoms with Crippen LogP contribution < -0.4 is 0 Å². The van der Waals surface area contributed by atoms with Gasteiger partial charge in [-0.25, -0.2) is 15.0 Å². The van der Waals surface area contributed by atoms with Crippen LogP contribution in [0.3, 0.4) is 0 Å². The third kappa shape index (κ3) is 4.79. The molecule has 0 saturated carbocycles. The SMILES string of the molecule is c1ccc(-c2cc(-c3ccc4c(c3)sc3c(-c5nc(-c6ccccc6)nc(-c6ccccc6)n5)cccc34)c3c(c2)oc2ccccc23)cc1. The zero-order valence-electron chi connectivity index (χ0n) is 26.7. The fourth-order valence-corrected chi connectivity index (χ4v) is 8.20. The normalized spacial score (nSPS) is 11.6. The van der Waals surface area contributed by atoms with Crippen molar-refractivity contribution in [3.63, 3.8) is 0 Å². The molecule has 0 radical (unpaired) electrons. The Bertz CT molecular complexity index is 2800. The van der Waals surface area contributed by atoms with Gasteiger partial charge in [0.1, 0.15) is 11.2 Å². The molecule has 0 saturated heterocycles. The highest BCUT2D eigenvalue weighted by molar-refractivity contribution is 7.26. The number of furan rings is 1. The van der Waals surface area contributed by atoms with Crippen LogP contribution in [0.15, 0.2) is 168 Å². The van der Waals surface area contributed by atoms with E-state index in [1.54, 1.807) is 11.3 Å². The first-order valence-electron chi connectivity index (χ1n) is 16.6. The van der Waals surface area contributed by atoms with Crippen LogP contribution in [0.2, 0.25) is 0 Å². The molecular formula is C45H27N3OS. The second-order valence-electron chi connectivity index (χ2n) is 12.4. The van der Waals surface area contributed by atoms with Crippen LogP contribution in [0.1, 0.15) is 0 Å². The van der Waals surface area contributed by atoms with Gasteiger partial charge in [0.15, 0.2) is 17.5 Å². The van der Waals surface area contributed by atoms with Crippen molar-refractivity contribution in [2.75, 3.05) is 0 Å². The zero-order valence-corrected chi connectivity index (χ0v) is 27.6. The first-order valence-corrected chi connectivity index (χ1v) is 17.4. The number of hydrogen-bond acceptors (Lipinski definition) is 5. The van der Waals surface area contributed by atoms with Crippen molar-refractivity contribution in [3.05, 3.63) is 164 Å². The largest absolute Gasteiger partial charge is 0.456 e. The Kier molecular flexibility index (Phi) is 6.64. The van der Waals surface area contributed by atoms with E-state index in [0.29, 0.717) is 17.5 Å². The number of rotatable bonds is 5. The van der Waals surface area contributed by atoms with Crippen LogP contribution in [-0.4, -0.2) is 15.0 Å². The monoisotopic (exact) mass is 657 g/mol. The molecule has 5 heteroatoms. The van der Waals surface area contributed by atoms with Gasteiger partial charge in [0.2, 0.25) is 0 Å². The lowest BCUT2D eigenvalue weighted by molar-refractivity contribution is 0.669. The van der Waals surface area contributed by atoms with Crippen molar-refractivity contribution in [3.8, 4) is 56.4 Å². The van der Waals surface area contributed by atoms with Gasteiger partial charge in [-0.2, -0.15) is 0 Å². The second-order valence-corrected chi connectivity index (χ2v) is 13.4. The molecule has 0 aliphatic heterocycles. The Morgan fingerprint density at radius 2 is 1.00 bits per heavy atom. The lowest BCUT2D eigenvalue weighted by atomic mass is 9.94. The van der Waals surface area contributed by atoms with Crippen molar-refractivity contribution in [1.82, 2.24) is 15.0 Å². The van der Waals surface area contributed by atoms with Crippen molar-refractivity contribution >= 4 is 53.4 Å². The van der Waals surface area contributed by atoms with E-state index in [1.165, 1.54) is 15.5 Å². The van der Waals surface area contributed by atoms with Crippen LogP contribution in [-0.2, 0) is 0 Å². The fraction of sp³-hybridized carbons (Fsp3) is 0. The third-order valence-corrected chi connectivity index (χ3v) is 10.5. The Balaban J connectivity index is 1.17. The average molecular weight is 658 g/mol. The van der Waals surface area contributed by atoms with E-state index in [4.69, 9.17) is 19.4 Å². The molecule has 234 valence electrons. The van der Waals surface area contributed by atoms with Crippen LogP contribution in [0.4, 0.5) is 0 Å². The number of nitrogens with zero attached hydrogens (tertiary/aromatic N) is 3. The summed E-state index contributed by atoms with van der Waals surface area (Å²) in [5.41, 5.74) is 9.28. The molecule has 3 aromatic heterocycles. The topological polar surface area (TPSA) is 51.8 Å². The van der Waals surface area contributed by atoms with E-state index in [-0.39, 0.29) is 0 Å². The molecule has 0 unspecified atom stereocenters. The van der Waals surface area contributed by atoms with Gasteiger partial charge in [-0.15, -0.1) is 11.3 Å². The highest BCUT2D eigenvalue weighted by Gasteiger charge is 2.19. The molecule has 0 fully saturated rings. The second kappa shape index (κ2) is 11.6. The molecule has 7 aromatic carbocycles. The van der Waals surface area contributed by atoms with Gasteiger partial charge in [0.05, 0.1) is 0 Å². The number of thiophene rings is 1. The lowest BCUT2D eigenvalue weighted by Gasteiger charge is -2.09. The van der Waals surface area contributed by atoms with Crippen molar-refractivity contribution in [2.24, 2.45) is 0 Å². The maximum atomic E-state index is 6.44. The zero-order chi connectivity index (χ0) is 33.0. The van der Waals surface area contributed by atoms with Gasteiger partial charge in [-0.1, -0.05) is 133 Å². The summed E-state index contributed by atoms with van der Waals surface area (Å²) in [5.74, 6) is 1.98. The molecular weight excluding hydrogens is 631 g/mol. The average Bonchev–Trinajstić information content (AvgIpc) is 3.76. The summed E-state index contributed by atoms with van der Waals surface area (Å²) in [7, 11) is 0. The predicted octanol–water partition coefficient (Wildman–Crippen LogP) is 12.5. The number of para-hydroxylation sites is 1. The Hall–Kier alpha value is -6.43. The van der Waals surface area contributed by atoms with Crippen molar-refractivity contribution < 1.29 is 4.42 Å². The van der Waals surface area contributed by atoms with Crippen LogP contribution >= 0.6 is 11.3 Å². The highest BCUT2D eigenvalue weighted by atomic mass is 32.1. The molecule has 0 spiro atoms. The standard InChI is InChI=1S/C45H27N3OS/c1-4-13-28(14-5-1)32-25-37(41-35-19-10-11-22-38(35)49-39(41)26-32)31-23-24-33-34-20-12-21-36(42(34)50-40(33)27-31)45-47-43(29-15-6-2-7-16-29)46-44(48-45)30-17-8-3-9-18-30/h1-27H. The fourth-order valence-electron chi connectivity index (χ4n) is 6.95. The molecule has 0 amide bonds. The van der Waals surface area contributed by atoms with Crippen LogP contribution in [0.25, 0.3) is 98.5 Å². The lowest BCUT2D eigenvalue weighted by Crippen LogP contribution is -2.00. The molecule has 0 atom stereocenters. The van der Waals surface area contributed by atoms with E-state index in [1.807, 2.05) is 72.8 Å². The van der Waals surface area contributed by atoms with Gasteiger partial charge in [-0.3, -0.25) is 0 Å². The van der Waals surface area contributed by atoms with E-state index in [0.717, 1.165) is 65.6 Å². The van der Waals surface area contributed by atoms with Gasteiger partial charge in [-0.05, 0) is 52.6 Å². The smallest absolute Gasteiger partial charge is 0.165 e. The minimum absolute atomic E-state index is 0.657. The van der Waals surface area contributed by atoms with Gasteiger partial charge in [0, 0.05) is 47.6 Å². The van der Waals surface area contributed by atoms with Gasteiger partial charge >= 0.3 is 0 Å². The first kappa shape index (κ1) is 28.6. The molecule has 10 rings (SSSR count). The van der Waals surface area contributed by atoms with Crippen LogP contribution in [0.5, 0.6) is 0 Å². The molecule has 0 aliphatic carbocycles. The number of hydrogen-bond donors (Lipinski definition) is 0. The summed E-state index contributed by atoms with van der Waals surface area (Å²) in [6.45, 7) is 0. The maximum absolute atomic E-state index is 6.44. The Morgan fingerprint density at radius 1 is 0.380 bits per heavy atom. The summed E-state index contributed by atoms with van der Waals surface area (Å²) in [5, 5.41) is 4.65. The van der Waals surface area contributed by atoms with Crippen LogP contribution in [0, 0.1) is 0 Å². The van der Waals surface area contributed by atoms with Crippen molar-refractivity contribution in [2.45, 2.75) is 0 Å². The third-order valence-electron chi connectivity index (χ3n) is 9.34. The summed E-state index contributed by atoms with van der Waals surface area (Å²) in [6, 6.07) is 56.8. The summed E-state index contributed by atoms with van der Waals surface area (Å²) in [6.07, 6.45) is 0. The molecule has 0 bridgehead atoms. The minimum Gasteiger partial charge on any atom is -0.456 e. The van der Waals surface area contributed by atoms with Gasteiger partial charge in [0.25, 0.3) is 0 Å². The Morgan fingerprint density at radius 3 is 1.72 bits per heavy atom. The quantitative estimate of drug-likeness (QED) is 0.185. The molecule has 50 heavy (non-hydrogen) atoms. The van der Waals surface area contributed by atoms with E-state index < -0.39 is 0 Å². The number of fused-ring (bicyclic) bond motifs is 6. The van der Waals surface area contributed by atoms with Gasteiger partial charge < -0.3 is 4.42 Å². The molecule has 4 nitrogen and oxygen atoms in total. The summed E-state index contributed by atoms with van der Waals surface area (Å²) >= 11 is 1.78. The van der Waals surface area contributed by atoms with E-state index >= 15 is 0 Å². The first-order chi connectivity index (χ1) is 24.8. The molecule has 0 aliphatic rings. The maximum Gasteiger partial charge on any atom is 0.165 e. The number of aromatic nitrogens is 3. The molecule has 3 heterocycles.